The number of pyridine rings is 1. The second kappa shape index (κ2) is 8.57. The lowest BCUT2D eigenvalue weighted by molar-refractivity contribution is 0.0600. The molecule has 2 amide bonds. The number of anilines is 1. The van der Waals surface area contributed by atoms with Crippen LogP contribution in [0.5, 0.6) is 11.6 Å². The smallest absolute Gasteiger partial charge is 0.338 e. The number of methoxy groups -OCH3 is 3. The third-order valence-corrected chi connectivity index (χ3v) is 5.25. The van der Waals surface area contributed by atoms with E-state index in [4.69, 9.17) is 15.2 Å². The van der Waals surface area contributed by atoms with Gasteiger partial charge < -0.3 is 19.9 Å². The van der Waals surface area contributed by atoms with Crippen molar-refractivity contribution in [1.29, 1.82) is 0 Å². The van der Waals surface area contributed by atoms with Crippen LogP contribution in [0.2, 0.25) is 0 Å². The van der Waals surface area contributed by atoms with Gasteiger partial charge in [-0.25, -0.2) is 18.0 Å². The van der Waals surface area contributed by atoms with Crippen LogP contribution in [0.25, 0.3) is 0 Å². The summed E-state index contributed by atoms with van der Waals surface area (Å²) in [5, 5.41) is 0. The zero-order chi connectivity index (χ0) is 20.9. The van der Waals surface area contributed by atoms with Crippen molar-refractivity contribution in [3.8, 4) is 11.6 Å². The minimum absolute atomic E-state index is 0.0192. The number of urea groups is 1. The highest BCUT2D eigenvalue weighted by molar-refractivity contribution is 7.92. The molecule has 2 aromatic rings. The number of ether oxygens (including phenoxy) is 3. The van der Waals surface area contributed by atoms with Crippen molar-refractivity contribution < 1.29 is 32.2 Å². The SMILES string of the molecule is COC(=O)c1ccccc1CS(=O)(=O)N(C(N)=O)c1cc(OC)cc(OC)n1. The van der Waals surface area contributed by atoms with E-state index in [1.807, 2.05) is 0 Å². The predicted octanol–water partition coefficient (Wildman–Crippen LogP) is 1.30. The third-order valence-electron chi connectivity index (χ3n) is 3.65. The van der Waals surface area contributed by atoms with E-state index in [-0.39, 0.29) is 28.6 Å². The van der Waals surface area contributed by atoms with Gasteiger partial charge in [0.25, 0.3) is 0 Å². The first-order valence-corrected chi connectivity index (χ1v) is 9.43. The third kappa shape index (κ3) is 4.49. The van der Waals surface area contributed by atoms with Crippen LogP contribution in [-0.2, 0) is 20.5 Å². The van der Waals surface area contributed by atoms with Crippen molar-refractivity contribution in [3.05, 3.63) is 47.5 Å². The highest BCUT2D eigenvalue weighted by Gasteiger charge is 2.31. The molecule has 150 valence electrons. The van der Waals surface area contributed by atoms with E-state index in [9.17, 15) is 18.0 Å². The largest absolute Gasteiger partial charge is 0.496 e. The fourth-order valence-corrected chi connectivity index (χ4v) is 3.83. The Kier molecular flexibility index (Phi) is 6.41. The van der Waals surface area contributed by atoms with Crippen molar-refractivity contribution in [2.75, 3.05) is 25.6 Å². The normalized spacial score (nSPS) is 10.8. The Balaban J connectivity index is 2.53. The molecule has 0 bridgehead atoms. The summed E-state index contributed by atoms with van der Waals surface area (Å²) in [6.45, 7) is 0. The number of benzene rings is 1. The zero-order valence-corrected chi connectivity index (χ0v) is 16.2. The highest BCUT2D eigenvalue weighted by Crippen LogP contribution is 2.27. The number of primary amides is 1. The van der Waals surface area contributed by atoms with Crippen molar-refractivity contribution >= 4 is 27.8 Å². The topological polar surface area (TPSA) is 138 Å². The van der Waals surface area contributed by atoms with Crippen LogP contribution in [0.15, 0.2) is 36.4 Å². The van der Waals surface area contributed by atoms with Gasteiger partial charge in [-0.2, -0.15) is 9.29 Å². The van der Waals surface area contributed by atoms with Crippen molar-refractivity contribution in [1.82, 2.24) is 4.98 Å². The summed E-state index contributed by atoms with van der Waals surface area (Å²) < 4.78 is 41.0. The molecule has 2 N–H and O–H groups in total. The van der Waals surface area contributed by atoms with Gasteiger partial charge in [0.2, 0.25) is 15.9 Å². The minimum atomic E-state index is -4.36. The molecule has 2 rings (SSSR count). The molecule has 0 aliphatic heterocycles. The first-order valence-electron chi connectivity index (χ1n) is 7.82. The van der Waals surface area contributed by atoms with Gasteiger partial charge in [0.1, 0.15) is 5.75 Å². The molecular weight excluding hydrogens is 390 g/mol. The quantitative estimate of drug-likeness (QED) is 0.675. The van der Waals surface area contributed by atoms with E-state index in [0.717, 1.165) is 0 Å². The van der Waals surface area contributed by atoms with Crippen LogP contribution in [0.3, 0.4) is 0 Å². The molecule has 1 heterocycles. The molecular formula is C17H19N3O7S. The number of amides is 2. The molecule has 0 radical (unpaired) electrons. The van der Waals surface area contributed by atoms with Crippen LogP contribution in [-0.4, -0.2) is 46.7 Å². The second-order valence-corrected chi connectivity index (χ2v) is 7.23. The molecule has 0 saturated heterocycles. The van der Waals surface area contributed by atoms with Gasteiger partial charge >= 0.3 is 12.0 Å². The summed E-state index contributed by atoms with van der Waals surface area (Å²) in [6, 6.07) is 7.31. The lowest BCUT2D eigenvalue weighted by Crippen LogP contribution is -2.42. The molecule has 0 aliphatic carbocycles. The van der Waals surface area contributed by atoms with Crippen molar-refractivity contribution in [3.63, 3.8) is 0 Å². The summed E-state index contributed by atoms with van der Waals surface area (Å²) in [4.78, 5) is 27.8. The lowest BCUT2D eigenvalue weighted by Gasteiger charge is -2.21. The van der Waals surface area contributed by atoms with Gasteiger partial charge in [-0.15, -0.1) is 0 Å². The van der Waals surface area contributed by atoms with Gasteiger partial charge in [-0.3, -0.25) is 0 Å². The van der Waals surface area contributed by atoms with E-state index < -0.39 is 27.8 Å². The number of aromatic nitrogens is 1. The minimum Gasteiger partial charge on any atom is -0.496 e. The fraction of sp³-hybridized carbons (Fsp3) is 0.235. The number of carbonyl (C=O) groups is 2. The first-order chi connectivity index (χ1) is 13.2. The number of esters is 1. The number of rotatable bonds is 7. The highest BCUT2D eigenvalue weighted by atomic mass is 32.2. The predicted molar refractivity (Wildman–Crippen MR) is 99.8 cm³/mol. The average Bonchev–Trinajstić information content (AvgIpc) is 2.66. The van der Waals surface area contributed by atoms with Gasteiger partial charge in [0, 0.05) is 12.1 Å². The molecule has 1 aromatic heterocycles. The summed E-state index contributed by atoms with van der Waals surface area (Å²) in [7, 11) is -0.512. The Morgan fingerprint density at radius 1 is 1.11 bits per heavy atom. The van der Waals surface area contributed by atoms with Gasteiger partial charge in [0.05, 0.1) is 32.6 Å². The van der Waals surface area contributed by atoms with E-state index in [1.54, 1.807) is 12.1 Å². The van der Waals surface area contributed by atoms with Gasteiger partial charge in [0.15, 0.2) is 5.82 Å². The van der Waals surface area contributed by atoms with Crippen LogP contribution in [0.1, 0.15) is 15.9 Å². The molecule has 28 heavy (non-hydrogen) atoms. The molecule has 1 aromatic carbocycles. The van der Waals surface area contributed by atoms with Crippen LogP contribution < -0.4 is 19.5 Å². The van der Waals surface area contributed by atoms with Crippen LogP contribution in [0.4, 0.5) is 10.6 Å². The molecule has 10 nitrogen and oxygen atoms in total. The van der Waals surface area contributed by atoms with Crippen LogP contribution in [0, 0.1) is 0 Å². The molecule has 0 atom stereocenters. The molecule has 0 unspecified atom stereocenters. The standard InChI is InChI=1S/C17H19N3O7S/c1-25-12-8-14(19-15(9-12)26-2)20(17(18)22)28(23,24)10-11-6-4-5-7-13(11)16(21)27-3/h4-9H,10H2,1-3H3,(H2,18,22). The van der Waals surface area contributed by atoms with Gasteiger partial charge in [-0.1, -0.05) is 18.2 Å². The Morgan fingerprint density at radius 3 is 2.36 bits per heavy atom. The zero-order valence-electron chi connectivity index (χ0n) is 15.4. The molecule has 0 aliphatic rings. The average molecular weight is 409 g/mol. The molecule has 0 spiro atoms. The van der Waals surface area contributed by atoms with Crippen LogP contribution >= 0.6 is 0 Å². The maximum Gasteiger partial charge on any atom is 0.338 e. The van der Waals surface area contributed by atoms with E-state index in [1.165, 1.54) is 45.6 Å². The van der Waals surface area contributed by atoms with Crippen molar-refractivity contribution in [2.24, 2.45) is 5.73 Å². The number of hydrogen-bond donors (Lipinski definition) is 1. The number of hydrogen-bond acceptors (Lipinski definition) is 8. The summed E-state index contributed by atoms with van der Waals surface area (Å²) >= 11 is 0. The summed E-state index contributed by atoms with van der Waals surface area (Å²) in [5.41, 5.74) is 5.50. The molecule has 0 saturated carbocycles. The van der Waals surface area contributed by atoms with E-state index >= 15 is 0 Å². The number of nitrogens with two attached hydrogens (primary N) is 1. The summed E-state index contributed by atoms with van der Waals surface area (Å²) in [5.74, 6) is -1.48. The number of carbonyl (C=O) groups excluding carboxylic acids is 2. The Bertz CT molecular complexity index is 970. The fourth-order valence-electron chi connectivity index (χ4n) is 2.40. The second-order valence-electron chi connectivity index (χ2n) is 5.42. The lowest BCUT2D eigenvalue weighted by atomic mass is 10.1. The number of sulfonamides is 1. The number of nitrogens with zero attached hydrogens (tertiary/aromatic N) is 2. The van der Waals surface area contributed by atoms with E-state index in [0.29, 0.717) is 4.31 Å². The first kappa shape index (κ1) is 21.0. The van der Waals surface area contributed by atoms with Crippen molar-refractivity contribution in [2.45, 2.75) is 5.75 Å². The molecule has 0 fully saturated rings. The van der Waals surface area contributed by atoms with E-state index in [2.05, 4.69) is 9.72 Å². The Morgan fingerprint density at radius 2 is 1.79 bits per heavy atom. The Hall–Kier alpha value is -3.34. The monoisotopic (exact) mass is 409 g/mol. The Labute approximate surface area is 161 Å². The molecule has 11 heteroatoms. The maximum atomic E-state index is 13.0. The maximum absolute atomic E-state index is 13.0. The van der Waals surface area contributed by atoms with Gasteiger partial charge in [-0.05, 0) is 11.6 Å². The summed E-state index contributed by atoms with van der Waals surface area (Å²) in [6.07, 6.45) is 0.